The zero-order valence-electron chi connectivity index (χ0n) is 7.51. The smallest absolute Gasteiger partial charge is 0.161 e. The first-order chi connectivity index (χ1) is 6.31. The molecule has 0 saturated carbocycles. The van der Waals surface area contributed by atoms with Gasteiger partial charge in [-0.1, -0.05) is 24.6 Å². The molecule has 0 fully saturated rings. The Bertz CT molecular complexity index is 314. The highest BCUT2D eigenvalue weighted by Crippen LogP contribution is 2.36. The van der Waals surface area contributed by atoms with Gasteiger partial charge in [0, 0.05) is 0 Å². The Labute approximate surface area is 82.9 Å². The molecule has 3 heteroatoms. The maximum absolute atomic E-state index is 6.00. The molecule has 1 N–H and O–H groups in total. The van der Waals surface area contributed by atoms with Crippen molar-refractivity contribution >= 4 is 17.3 Å². The minimum Gasteiger partial charge on any atom is -0.485 e. The standard InChI is InChI=1S/C10H12ClNO/c1-2-7-6-12-9-5-3-4-8(11)10(9)13-7/h3-5,7,12H,2,6H2,1H3/t7-/m1/s1. The summed E-state index contributed by atoms with van der Waals surface area (Å²) in [6, 6.07) is 5.75. The van der Waals surface area contributed by atoms with Gasteiger partial charge in [0.25, 0.3) is 0 Å². The van der Waals surface area contributed by atoms with Crippen LogP contribution in [0.1, 0.15) is 13.3 Å². The van der Waals surface area contributed by atoms with Crippen molar-refractivity contribution in [3.05, 3.63) is 23.2 Å². The molecule has 1 aliphatic rings. The van der Waals surface area contributed by atoms with E-state index in [1.807, 2.05) is 18.2 Å². The van der Waals surface area contributed by atoms with Crippen LogP contribution in [0.3, 0.4) is 0 Å². The molecular weight excluding hydrogens is 186 g/mol. The molecule has 0 radical (unpaired) electrons. The van der Waals surface area contributed by atoms with Gasteiger partial charge in [-0.25, -0.2) is 0 Å². The number of hydrogen-bond donors (Lipinski definition) is 1. The molecule has 0 aliphatic carbocycles. The maximum atomic E-state index is 6.00. The lowest BCUT2D eigenvalue weighted by atomic mass is 10.2. The molecule has 0 amide bonds. The van der Waals surface area contributed by atoms with Crippen LogP contribution in [0.4, 0.5) is 5.69 Å². The number of ether oxygens (including phenoxy) is 1. The van der Waals surface area contributed by atoms with E-state index in [-0.39, 0.29) is 6.10 Å². The molecule has 2 rings (SSSR count). The Hall–Kier alpha value is -0.890. The number of rotatable bonds is 1. The second-order valence-electron chi connectivity index (χ2n) is 3.15. The first-order valence-electron chi connectivity index (χ1n) is 4.50. The SMILES string of the molecule is CC[C@@H]1CNc2cccc(Cl)c2O1. The molecule has 0 bridgehead atoms. The van der Waals surface area contributed by atoms with Crippen LogP contribution in [0.2, 0.25) is 5.02 Å². The van der Waals surface area contributed by atoms with Gasteiger partial charge >= 0.3 is 0 Å². The fraction of sp³-hybridized carbons (Fsp3) is 0.400. The van der Waals surface area contributed by atoms with Crippen molar-refractivity contribution in [2.75, 3.05) is 11.9 Å². The van der Waals surface area contributed by atoms with Gasteiger partial charge in [-0.15, -0.1) is 0 Å². The van der Waals surface area contributed by atoms with E-state index < -0.39 is 0 Å². The molecule has 2 nitrogen and oxygen atoms in total. The van der Waals surface area contributed by atoms with E-state index in [4.69, 9.17) is 16.3 Å². The molecule has 1 aromatic carbocycles. The second-order valence-corrected chi connectivity index (χ2v) is 3.55. The minimum atomic E-state index is 0.243. The summed E-state index contributed by atoms with van der Waals surface area (Å²) < 4.78 is 5.72. The summed E-state index contributed by atoms with van der Waals surface area (Å²) in [5, 5.41) is 3.98. The molecular formula is C10H12ClNO. The van der Waals surface area contributed by atoms with Crippen molar-refractivity contribution in [1.29, 1.82) is 0 Å². The number of para-hydroxylation sites is 1. The zero-order chi connectivity index (χ0) is 9.26. The number of halogens is 1. The lowest BCUT2D eigenvalue weighted by Crippen LogP contribution is -2.30. The topological polar surface area (TPSA) is 21.3 Å². The number of fused-ring (bicyclic) bond motifs is 1. The Morgan fingerprint density at radius 1 is 1.62 bits per heavy atom. The third-order valence-electron chi connectivity index (χ3n) is 2.23. The summed E-state index contributed by atoms with van der Waals surface area (Å²) in [5.74, 6) is 0.794. The van der Waals surface area contributed by atoms with Crippen LogP contribution >= 0.6 is 11.6 Å². The van der Waals surface area contributed by atoms with Gasteiger partial charge in [-0.3, -0.25) is 0 Å². The van der Waals surface area contributed by atoms with Crippen LogP contribution < -0.4 is 10.1 Å². The molecule has 70 valence electrons. The van der Waals surface area contributed by atoms with Crippen LogP contribution in [-0.4, -0.2) is 12.6 Å². The van der Waals surface area contributed by atoms with Crippen LogP contribution in [0, 0.1) is 0 Å². The molecule has 1 atom stereocenters. The largest absolute Gasteiger partial charge is 0.485 e. The summed E-state index contributed by atoms with van der Waals surface area (Å²) in [6.45, 7) is 2.97. The van der Waals surface area contributed by atoms with Crippen molar-refractivity contribution in [3.8, 4) is 5.75 Å². The Balaban J connectivity index is 2.32. The summed E-state index contributed by atoms with van der Waals surface area (Å²) in [6.07, 6.45) is 1.24. The minimum absolute atomic E-state index is 0.243. The fourth-order valence-corrected chi connectivity index (χ4v) is 1.65. The average Bonchev–Trinajstić information content (AvgIpc) is 2.18. The maximum Gasteiger partial charge on any atom is 0.161 e. The third-order valence-corrected chi connectivity index (χ3v) is 2.52. The molecule has 1 aromatic rings. The van der Waals surface area contributed by atoms with Crippen molar-refractivity contribution in [1.82, 2.24) is 0 Å². The van der Waals surface area contributed by atoms with Gasteiger partial charge in [-0.2, -0.15) is 0 Å². The van der Waals surface area contributed by atoms with Crippen molar-refractivity contribution < 1.29 is 4.74 Å². The summed E-state index contributed by atoms with van der Waals surface area (Å²) in [4.78, 5) is 0. The van der Waals surface area contributed by atoms with Gasteiger partial charge in [0.2, 0.25) is 0 Å². The lowest BCUT2D eigenvalue weighted by molar-refractivity contribution is 0.202. The van der Waals surface area contributed by atoms with Crippen molar-refractivity contribution in [2.45, 2.75) is 19.4 Å². The highest BCUT2D eigenvalue weighted by Gasteiger charge is 2.19. The predicted octanol–water partition coefficient (Wildman–Crippen LogP) is 2.92. The van der Waals surface area contributed by atoms with Crippen LogP contribution in [0.5, 0.6) is 5.75 Å². The molecule has 13 heavy (non-hydrogen) atoms. The molecule has 1 heterocycles. The second kappa shape index (κ2) is 3.46. The quantitative estimate of drug-likeness (QED) is 0.748. The van der Waals surface area contributed by atoms with Gasteiger partial charge in [0.15, 0.2) is 5.75 Å². The van der Waals surface area contributed by atoms with E-state index in [1.165, 1.54) is 0 Å². The average molecular weight is 198 g/mol. The monoisotopic (exact) mass is 197 g/mol. The van der Waals surface area contributed by atoms with E-state index >= 15 is 0 Å². The molecule has 1 aliphatic heterocycles. The Kier molecular flexibility index (Phi) is 2.32. The third kappa shape index (κ3) is 1.59. The van der Waals surface area contributed by atoms with Gasteiger partial charge < -0.3 is 10.1 Å². The lowest BCUT2D eigenvalue weighted by Gasteiger charge is -2.27. The van der Waals surface area contributed by atoms with Crippen molar-refractivity contribution in [3.63, 3.8) is 0 Å². The first kappa shape index (κ1) is 8.70. The van der Waals surface area contributed by atoms with Crippen LogP contribution in [-0.2, 0) is 0 Å². The van der Waals surface area contributed by atoms with Gasteiger partial charge in [0.05, 0.1) is 17.3 Å². The van der Waals surface area contributed by atoms with Gasteiger partial charge in [0.1, 0.15) is 6.10 Å². The van der Waals surface area contributed by atoms with Crippen LogP contribution in [0.25, 0.3) is 0 Å². The molecule has 0 saturated heterocycles. The highest BCUT2D eigenvalue weighted by molar-refractivity contribution is 6.32. The summed E-state index contributed by atoms with van der Waals surface area (Å²) in [7, 11) is 0. The van der Waals surface area contributed by atoms with Crippen molar-refractivity contribution in [2.24, 2.45) is 0 Å². The summed E-state index contributed by atoms with van der Waals surface area (Å²) >= 11 is 6.00. The van der Waals surface area contributed by atoms with Crippen LogP contribution in [0.15, 0.2) is 18.2 Å². The number of nitrogens with one attached hydrogen (secondary N) is 1. The number of anilines is 1. The van der Waals surface area contributed by atoms with E-state index in [0.717, 1.165) is 24.4 Å². The molecule has 0 unspecified atom stereocenters. The fourth-order valence-electron chi connectivity index (χ4n) is 1.43. The van der Waals surface area contributed by atoms with E-state index in [9.17, 15) is 0 Å². The Morgan fingerprint density at radius 2 is 2.46 bits per heavy atom. The van der Waals surface area contributed by atoms with E-state index in [2.05, 4.69) is 12.2 Å². The predicted molar refractivity (Wildman–Crippen MR) is 54.6 cm³/mol. The molecule has 0 spiro atoms. The number of benzene rings is 1. The molecule has 0 aromatic heterocycles. The number of hydrogen-bond acceptors (Lipinski definition) is 2. The first-order valence-corrected chi connectivity index (χ1v) is 4.88. The highest BCUT2D eigenvalue weighted by atomic mass is 35.5. The van der Waals surface area contributed by atoms with E-state index in [1.54, 1.807) is 0 Å². The van der Waals surface area contributed by atoms with E-state index in [0.29, 0.717) is 5.02 Å². The zero-order valence-corrected chi connectivity index (χ0v) is 8.27. The summed E-state index contributed by atoms with van der Waals surface area (Å²) in [5.41, 5.74) is 0.997. The van der Waals surface area contributed by atoms with Gasteiger partial charge in [-0.05, 0) is 18.6 Å². The Morgan fingerprint density at radius 3 is 3.23 bits per heavy atom. The normalized spacial score (nSPS) is 20.0.